The molecule has 0 radical (unpaired) electrons. The number of guanidine groups is 1. The quantitative estimate of drug-likeness (QED) is 0.253. The number of benzene rings is 2. The van der Waals surface area contributed by atoms with E-state index >= 15 is 0 Å². The highest BCUT2D eigenvalue weighted by Crippen LogP contribution is 2.17. The predicted octanol–water partition coefficient (Wildman–Crippen LogP) is 1.91. The number of carboxylic acid groups (broad SMARTS) is 1. The van der Waals surface area contributed by atoms with E-state index in [1.807, 2.05) is 0 Å². The first-order valence-corrected chi connectivity index (χ1v) is 6.87. The van der Waals surface area contributed by atoms with Crippen LogP contribution in [0.5, 0.6) is 5.75 Å². The molecule has 0 saturated heterocycles. The van der Waals surface area contributed by atoms with Gasteiger partial charge in [0, 0.05) is 6.08 Å². The number of hydrogen-bond donors (Lipinski definition) is 3. The van der Waals surface area contributed by atoms with Crippen LogP contribution < -0.4 is 16.2 Å². The fraction of sp³-hybridized carbons (Fsp3) is 0. The predicted molar refractivity (Wildman–Crippen MR) is 90.0 cm³/mol. The molecule has 0 bridgehead atoms. The molecule has 2 aromatic rings. The average Bonchev–Trinajstić information content (AvgIpc) is 2.54. The van der Waals surface area contributed by atoms with Gasteiger partial charge < -0.3 is 21.3 Å². The molecule has 0 amide bonds. The van der Waals surface area contributed by atoms with Gasteiger partial charge in [-0.3, -0.25) is 0 Å². The number of hydrogen-bond acceptors (Lipinski definition) is 4. The molecule has 2 aromatic carbocycles. The summed E-state index contributed by atoms with van der Waals surface area (Å²) in [6.07, 6.45) is 2.47. The van der Waals surface area contributed by atoms with Crippen LogP contribution in [0, 0.1) is 0 Å². The molecule has 122 valence electrons. The van der Waals surface area contributed by atoms with Crippen LogP contribution in [-0.2, 0) is 4.79 Å². The van der Waals surface area contributed by atoms with Gasteiger partial charge in [-0.2, -0.15) is 0 Å². The first-order chi connectivity index (χ1) is 11.4. The normalized spacial score (nSPS) is 10.3. The van der Waals surface area contributed by atoms with Crippen LogP contribution >= 0.6 is 0 Å². The smallest absolute Gasteiger partial charge is 0.343 e. The number of esters is 1. The molecule has 0 fully saturated rings. The largest absolute Gasteiger partial charge is 0.478 e. The third kappa shape index (κ3) is 4.99. The van der Waals surface area contributed by atoms with E-state index in [0.717, 1.165) is 6.08 Å². The van der Waals surface area contributed by atoms with Crippen molar-refractivity contribution in [3.05, 3.63) is 65.7 Å². The minimum Gasteiger partial charge on any atom is -0.478 e. The van der Waals surface area contributed by atoms with Gasteiger partial charge in [0.1, 0.15) is 5.75 Å². The van der Waals surface area contributed by atoms with E-state index in [-0.39, 0.29) is 5.96 Å². The molecule has 2 rings (SSSR count). The Balaban J connectivity index is 2.04. The molecule has 0 unspecified atom stereocenters. The van der Waals surface area contributed by atoms with Crippen molar-refractivity contribution in [2.45, 2.75) is 0 Å². The maximum absolute atomic E-state index is 12.0. The summed E-state index contributed by atoms with van der Waals surface area (Å²) in [6.45, 7) is 0. The van der Waals surface area contributed by atoms with Gasteiger partial charge in [-0.05, 0) is 48.0 Å². The number of aliphatic imine (C=N–C) groups is 1. The van der Waals surface area contributed by atoms with Crippen LogP contribution in [-0.4, -0.2) is 23.0 Å². The monoisotopic (exact) mass is 325 g/mol. The Labute approximate surface area is 137 Å². The highest BCUT2D eigenvalue weighted by Gasteiger charge is 2.08. The summed E-state index contributed by atoms with van der Waals surface area (Å²) in [6, 6.07) is 12.7. The van der Waals surface area contributed by atoms with Gasteiger partial charge in [0.2, 0.25) is 0 Å². The van der Waals surface area contributed by atoms with Crippen molar-refractivity contribution in [2.24, 2.45) is 16.5 Å². The zero-order valence-corrected chi connectivity index (χ0v) is 12.5. The van der Waals surface area contributed by atoms with Crippen molar-refractivity contribution < 1.29 is 19.4 Å². The van der Waals surface area contributed by atoms with Gasteiger partial charge in [0.05, 0.1) is 11.3 Å². The first-order valence-electron chi connectivity index (χ1n) is 6.87. The minimum absolute atomic E-state index is 0.0673. The van der Waals surface area contributed by atoms with Crippen LogP contribution in [0.4, 0.5) is 5.69 Å². The molecule has 0 atom stereocenters. The second-order valence-electron chi connectivity index (χ2n) is 4.71. The number of nitrogens with two attached hydrogens (primary N) is 2. The molecule has 0 saturated carbocycles. The summed E-state index contributed by atoms with van der Waals surface area (Å²) < 4.78 is 5.24. The Hall–Kier alpha value is -3.61. The van der Waals surface area contributed by atoms with Crippen molar-refractivity contribution in [3.63, 3.8) is 0 Å². The summed E-state index contributed by atoms with van der Waals surface area (Å²) in [4.78, 5) is 26.4. The fourth-order valence-electron chi connectivity index (χ4n) is 1.80. The number of carboxylic acids is 1. The van der Waals surface area contributed by atoms with Crippen LogP contribution in [0.2, 0.25) is 0 Å². The van der Waals surface area contributed by atoms with Crippen molar-refractivity contribution >= 4 is 29.7 Å². The second kappa shape index (κ2) is 7.59. The number of aliphatic carboxylic acids is 1. The number of carbonyl (C=O) groups is 2. The summed E-state index contributed by atoms with van der Waals surface area (Å²) in [5.74, 6) is -1.28. The Kier molecular flexibility index (Phi) is 5.30. The highest BCUT2D eigenvalue weighted by molar-refractivity contribution is 5.91. The Morgan fingerprint density at radius 3 is 2.17 bits per heavy atom. The van der Waals surface area contributed by atoms with Gasteiger partial charge in [-0.25, -0.2) is 14.6 Å². The van der Waals surface area contributed by atoms with Crippen molar-refractivity contribution in [1.29, 1.82) is 0 Å². The lowest BCUT2D eigenvalue weighted by molar-refractivity contribution is -0.131. The van der Waals surface area contributed by atoms with E-state index in [1.165, 1.54) is 6.08 Å². The van der Waals surface area contributed by atoms with E-state index in [2.05, 4.69) is 4.99 Å². The van der Waals surface area contributed by atoms with E-state index in [4.69, 9.17) is 21.3 Å². The first kappa shape index (κ1) is 16.8. The lowest BCUT2D eigenvalue weighted by Gasteiger charge is -2.05. The summed E-state index contributed by atoms with van der Waals surface area (Å²) >= 11 is 0. The number of carbonyl (C=O) groups excluding carboxylic acids is 1. The number of ether oxygens (including phenoxy) is 1. The molecule has 0 aliphatic carbocycles. The average molecular weight is 325 g/mol. The fourth-order valence-corrected chi connectivity index (χ4v) is 1.80. The zero-order valence-electron chi connectivity index (χ0n) is 12.5. The van der Waals surface area contributed by atoms with Gasteiger partial charge in [-0.15, -0.1) is 0 Å². The van der Waals surface area contributed by atoms with E-state index in [9.17, 15) is 9.59 Å². The molecular formula is C17H15N3O4. The Morgan fingerprint density at radius 1 is 1.00 bits per heavy atom. The molecule has 0 aliphatic heterocycles. The van der Waals surface area contributed by atoms with Gasteiger partial charge in [0.15, 0.2) is 5.96 Å². The molecule has 7 nitrogen and oxygen atoms in total. The van der Waals surface area contributed by atoms with Gasteiger partial charge in [0.25, 0.3) is 0 Å². The standard InChI is InChI=1S/C17H15N3O4/c18-17(19)20-13-6-4-12(5-7-13)16(23)24-14-8-1-11(2-9-14)3-10-15(21)22/h1-10H,(H,21,22)(H4,18,19,20). The topological polar surface area (TPSA) is 128 Å². The van der Waals surface area contributed by atoms with Gasteiger partial charge >= 0.3 is 11.9 Å². The number of rotatable bonds is 5. The molecule has 0 spiro atoms. The van der Waals surface area contributed by atoms with Crippen LogP contribution in [0.25, 0.3) is 6.08 Å². The lowest BCUT2D eigenvalue weighted by Crippen LogP contribution is -2.21. The lowest BCUT2D eigenvalue weighted by atomic mass is 10.2. The van der Waals surface area contributed by atoms with E-state index < -0.39 is 11.9 Å². The van der Waals surface area contributed by atoms with E-state index in [1.54, 1.807) is 48.5 Å². The maximum Gasteiger partial charge on any atom is 0.343 e. The number of nitrogens with zero attached hydrogens (tertiary/aromatic N) is 1. The Bertz CT molecular complexity index is 790. The maximum atomic E-state index is 12.0. The highest BCUT2D eigenvalue weighted by atomic mass is 16.5. The van der Waals surface area contributed by atoms with Crippen molar-refractivity contribution in [3.8, 4) is 5.75 Å². The van der Waals surface area contributed by atoms with E-state index in [0.29, 0.717) is 22.6 Å². The third-order valence-corrected chi connectivity index (χ3v) is 2.87. The summed E-state index contributed by atoms with van der Waals surface area (Å²) in [5.41, 5.74) is 12.1. The second-order valence-corrected chi connectivity index (χ2v) is 4.71. The minimum atomic E-state index is -1.03. The molecule has 0 aliphatic rings. The van der Waals surface area contributed by atoms with Crippen LogP contribution in [0.3, 0.4) is 0 Å². The molecule has 7 heteroatoms. The molecule has 0 heterocycles. The molecule has 24 heavy (non-hydrogen) atoms. The summed E-state index contributed by atoms with van der Waals surface area (Å²) in [5, 5.41) is 8.56. The van der Waals surface area contributed by atoms with Crippen LogP contribution in [0.1, 0.15) is 15.9 Å². The van der Waals surface area contributed by atoms with Crippen molar-refractivity contribution in [2.75, 3.05) is 0 Å². The van der Waals surface area contributed by atoms with Gasteiger partial charge in [-0.1, -0.05) is 12.1 Å². The van der Waals surface area contributed by atoms with Crippen molar-refractivity contribution in [1.82, 2.24) is 0 Å². The Morgan fingerprint density at radius 2 is 1.62 bits per heavy atom. The molecular weight excluding hydrogens is 310 g/mol. The molecule has 0 aromatic heterocycles. The SMILES string of the molecule is NC(N)=Nc1ccc(C(=O)Oc2ccc(C=CC(=O)O)cc2)cc1. The van der Waals surface area contributed by atoms with Crippen LogP contribution in [0.15, 0.2) is 59.6 Å². The molecule has 5 N–H and O–H groups in total. The third-order valence-electron chi connectivity index (χ3n) is 2.87. The zero-order chi connectivity index (χ0) is 17.5. The summed E-state index contributed by atoms with van der Waals surface area (Å²) in [7, 11) is 0.